The van der Waals surface area contributed by atoms with E-state index in [1.807, 2.05) is 12.3 Å². The van der Waals surface area contributed by atoms with Gasteiger partial charge in [0.25, 0.3) is 0 Å². The van der Waals surface area contributed by atoms with Gasteiger partial charge in [-0.2, -0.15) is 0 Å². The van der Waals surface area contributed by atoms with Crippen LogP contribution < -0.4 is 0 Å². The zero-order valence-corrected chi connectivity index (χ0v) is 22.8. The minimum absolute atomic E-state index is 0.0758. The Bertz CT molecular complexity index is 2340. The first-order valence-corrected chi connectivity index (χ1v) is 14.1. The number of benzene rings is 4. The van der Waals surface area contributed by atoms with Crippen molar-refractivity contribution in [1.29, 1.82) is 0 Å². The molecule has 194 valence electrons. The summed E-state index contributed by atoms with van der Waals surface area (Å²) in [6, 6.07) is 41.3. The van der Waals surface area contributed by atoms with Crippen LogP contribution >= 0.6 is 0 Å². The molecule has 4 aromatic carbocycles. The van der Waals surface area contributed by atoms with Crippen molar-refractivity contribution < 1.29 is 0 Å². The maximum atomic E-state index is 5.38. The van der Waals surface area contributed by atoms with Crippen molar-refractivity contribution >= 4 is 44.0 Å². The highest BCUT2D eigenvalue weighted by molar-refractivity contribution is 6.15. The van der Waals surface area contributed by atoms with Gasteiger partial charge in [-0.05, 0) is 70.8 Å². The van der Waals surface area contributed by atoms with Crippen molar-refractivity contribution in [3.63, 3.8) is 0 Å². The lowest BCUT2D eigenvalue weighted by Gasteiger charge is -2.22. The highest BCUT2D eigenvalue weighted by atomic mass is 15.1. The van der Waals surface area contributed by atoms with Crippen molar-refractivity contribution in [3.8, 4) is 22.5 Å². The number of para-hydroxylation sites is 2. The minimum atomic E-state index is -0.0758. The Balaban J connectivity index is 1.38. The quantitative estimate of drug-likeness (QED) is 0.225. The molecule has 4 heterocycles. The lowest BCUT2D eigenvalue weighted by molar-refractivity contribution is 0.660. The molecule has 4 nitrogen and oxygen atoms in total. The molecule has 0 amide bonds. The van der Waals surface area contributed by atoms with Gasteiger partial charge in [0, 0.05) is 33.8 Å². The van der Waals surface area contributed by atoms with E-state index in [2.05, 4.69) is 132 Å². The normalized spacial score (nSPS) is 13.8. The van der Waals surface area contributed by atoms with Crippen LogP contribution in [0.2, 0.25) is 0 Å². The van der Waals surface area contributed by atoms with E-state index >= 15 is 0 Å². The minimum Gasteiger partial charge on any atom is -0.306 e. The topological polar surface area (TPSA) is 35.6 Å². The molecule has 0 saturated carbocycles. The van der Waals surface area contributed by atoms with Crippen LogP contribution in [0.3, 0.4) is 0 Å². The highest BCUT2D eigenvalue weighted by Gasteiger charge is 2.35. The van der Waals surface area contributed by atoms with Crippen molar-refractivity contribution in [2.24, 2.45) is 0 Å². The molecule has 4 aromatic heterocycles. The van der Waals surface area contributed by atoms with Gasteiger partial charge in [0.05, 0.1) is 16.6 Å². The summed E-state index contributed by atoms with van der Waals surface area (Å²) in [5.41, 5.74) is 13.6. The van der Waals surface area contributed by atoms with E-state index < -0.39 is 0 Å². The van der Waals surface area contributed by atoms with E-state index in [1.165, 1.54) is 27.6 Å². The average molecular weight is 527 g/mol. The number of pyridine rings is 2. The third-order valence-corrected chi connectivity index (χ3v) is 8.96. The van der Waals surface area contributed by atoms with Gasteiger partial charge in [0.2, 0.25) is 0 Å². The van der Waals surface area contributed by atoms with E-state index in [1.54, 1.807) is 0 Å². The number of hydrogen-bond acceptors (Lipinski definition) is 2. The second-order valence-electron chi connectivity index (χ2n) is 11.5. The monoisotopic (exact) mass is 526 g/mol. The first-order valence-electron chi connectivity index (χ1n) is 14.1. The summed E-state index contributed by atoms with van der Waals surface area (Å²) >= 11 is 0. The third-order valence-electron chi connectivity index (χ3n) is 8.96. The van der Waals surface area contributed by atoms with E-state index in [4.69, 9.17) is 9.97 Å². The molecular weight excluding hydrogens is 500 g/mol. The molecule has 41 heavy (non-hydrogen) atoms. The van der Waals surface area contributed by atoms with Crippen molar-refractivity contribution in [2.45, 2.75) is 19.3 Å². The molecule has 0 atom stereocenters. The Morgan fingerprint density at radius 3 is 2.20 bits per heavy atom. The van der Waals surface area contributed by atoms with Gasteiger partial charge < -0.3 is 4.57 Å². The predicted octanol–water partition coefficient (Wildman–Crippen LogP) is 8.98. The van der Waals surface area contributed by atoms with Crippen LogP contribution in [0.15, 0.2) is 121 Å². The Hall–Kier alpha value is -5.22. The summed E-state index contributed by atoms with van der Waals surface area (Å²) in [4.78, 5) is 10.2. The number of nitrogens with zero attached hydrogens (tertiary/aromatic N) is 4. The molecule has 0 bridgehead atoms. The van der Waals surface area contributed by atoms with E-state index in [9.17, 15) is 0 Å². The fourth-order valence-corrected chi connectivity index (χ4v) is 7.05. The molecule has 0 unspecified atom stereocenters. The molecule has 9 rings (SSSR count). The first-order chi connectivity index (χ1) is 20.1. The fourth-order valence-electron chi connectivity index (χ4n) is 7.05. The van der Waals surface area contributed by atoms with Crippen LogP contribution in [0, 0.1) is 0 Å². The molecule has 0 saturated heterocycles. The SMILES string of the molecule is CC1(C)c2ccccc2-c2ccc(-n3c4cccnc4c4nc5c(cc43)c3ccccc3n5-c3ccccc3)cc21. The van der Waals surface area contributed by atoms with Crippen LogP contribution in [0.25, 0.3) is 66.5 Å². The van der Waals surface area contributed by atoms with Gasteiger partial charge in [0.15, 0.2) is 0 Å². The number of hydrogen-bond donors (Lipinski definition) is 0. The second kappa shape index (κ2) is 7.92. The van der Waals surface area contributed by atoms with E-state index in [-0.39, 0.29) is 5.41 Å². The average Bonchev–Trinajstić information content (AvgIpc) is 3.60. The molecule has 4 heteroatoms. The van der Waals surface area contributed by atoms with Gasteiger partial charge in [0.1, 0.15) is 16.7 Å². The van der Waals surface area contributed by atoms with Crippen LogP contribution in [0.1, 0.15) is 25.0 Å². The number of aromatic nitrogens is 4. The zero-order valence-electron chi connectivity index (χ0n) is 22.8. The fraction of sp³-hybridized carbons (Fsp3) is 0.0811. The van der Waals surface area contributed by atoms with Crippen LogP contribution in [0.4, 0.5) is 0 Å². The van der Waals surface area contributed by atoms with Crippen molar-refractivity contribution in [1.82, 2.24) is 19.1 Å². The lowest BCUT2D eigenvalue weighted by atomic mass is 9.82. The van der Waals surface area contributed by atoms with Crippen LogP contribution in [-0.2, 0) is 5.41 Å². The summed E-state index contributed by atoms with van der Waals surface area (Å²) in [6.07, 6.45) is 1.87. The van der Waals surface area contributed by atoms with Gasteiger partial charge in [-0.15, -0.1) is 0 Å². The van der Waals surface area contributed by atoms with Gasteiger partial charge >= 0.3 is 0 Å². The zero-order chi connectivity index (χ0) is 27.3. The molecule has 1 aliphatic rings. The molecule has 1 aliphatic carbocycles. The summed E-state index contributed by atoms with van der Waals surface area (Å²) in [7, 11) is 0. The van der Waals surface area contributed by atoms with Gasteiger partial charge in [-0.25, -0.2) is 4.98 Å². The second-order valence-corrected chi connectivity index (χ2v) is 11.5. The highest BCUT2D eigenvalue weighted by Crippen LogP contribution is 2.49. The largest absolute Gasteiger partial charge is 0.306 e. The number of rotatable bonds is 2. The molecule has 8 aromatic rings. The Labute approximate surface area is 237 Å². The summed E-state index contributed by atoms with van der Waals surface area (Å²) < 4.78 is 4.61. The molecule has 0 radical (unpaired) electrons. The molecule has 0 N–H and O–H groups in total. The maximum Gasteiger partial charge on any atom is 0.146 e. The van der Waals surface area contributed by atoms with E-state index in [0.717, 1.165) is 50.0 Å². The molecular formula is C37H26N4. The first kappa shape index (κ1) is 22.6. The molecule has 0 aliphatic heterocycles. The summed E-state index contributed by atoms with van der Waals surface area (Å²) in [6.45, 7) is 4.66. The predicted molar refractivity (Wildman–Crippen MR) is 168 cm³/mol. The van der Waals surface area contributed by atoms with Crippen LogP contribution in [0.5, 0.6) is 0 Å². The van der Waals surface area contributed by atoms with Gasteiger partial charge in [-0.3, -0.25) is 9.55 Å². The maximum absolute atomic E-state index is 5.38. The van der Waals surface area contributed by atoms with Crippen molar-refractivity contribution in [3.05, 3.63) is 133 Å². The van der Waals surface area contributed by atoms with Crippen LogP contribution in [-0.4, -0.2) is 19.1 Å². The van der Waals surface area contributed by atoms with E-state index in [0.29, 0.717) is 0 Å². The Morgan fingerprint density at radius 1 is 0.537 bits per heavy atom. The molecule has 0 fully saturated rings. The number of fused-ring (bicyclic) bond motifs is 9. The van der Waals surface area contributed by atoms with Gasteiger partial charge in [-0.1, -0.05) is 80.6 Å². The summed E-state index contributed by atoms with van der Waals surface area (Å²) in [5, 5.41) is 2.32. The standard InChI is InChI=1S/C37H26N4/c1-37(2)29-15-8-6-13-25(29)26-19-18-24(21-30(26)37)40-32-17-10-20-38-34(32)35-33(40)22-28-27-14-7-9-16-31(27)41(36(28)39-35)23-11-4-3-5-12-23/h3-22H,1-2H3. The third kappa shape index (κ3) is 2.94. The Kier molecular flexibility index (Phi) is 4.36. The van der Waals surface area contributed by atoms with Crippen molar-refractivity contribution in [2.75, 3.05) is 0 Å². The summed E-state index contributed by atoms with van der Waals surface area (Å²) in [5.74, 6) is 0. The Morgan fingerprint density at radius 2 is 1.29 bits per heavy atom. The molecule has 0 spiro atoms. The smallest absolute Gasteiger partial charge is 0.146 e. The lowest BCUT2D eigenvalue weighted by Crippen LogP contribution is -2.15.